The highest BCUT2D eigenvalue weighted by Gasteiger charge is 2.22. The van der Waals surface area contributed by atoms with Gasteiger partial charge in [-0.05, 0) is 18.4 Å². The molecule has 1 saturated heterocycles. The van der Waals surface area contributed by atoms with Crippen molar-refractivity contribution in [3.8, 4) is 11.5 Å². The molecule has 1 aliphatic rings. The summed E-state index contributed by atoms with van der Waals surface area (Å²) in [6.07, 6.45) is 2.03. The summed E-state index contributed by atoms with van der Waals surface area (Å²) in [5, 5.41) is 0. The second-order valence-electron chi connectivity index (χ2n) is 4.72. The molecule has 112 valence electrons. The van der Waals surface area contributed by atoms with Crippen molar-refractivity contribution in [3.05, 3.63) is 17.7 Å². The summed E-state index contributed by atoms with van der Waals surface area (Å²) in [4.78, 5) is 13.4. The number of ether oxygens (including phenoxy) is 2. The van der Waals surface area contributed by atoms with E-state index < -0.39 is 0 Å². The number of anilines is 1. The summed E-state index contributed by atoms with van der Waals surface area (Å²) in [5.41, 5.74) is 1.59. The van der Waals surface area contributed by atoms with Crippen LogP contribution in [0.25, 0.3) is 0 Å². The Kier molecular flexibility index (Phi) is 6.36. The lowest BCUT2D eigenvalue weighted by Crippen LogP contribution is -2.20. The van der Waals surface area contributed by atoms with Crippen LogP contribution in [0.5, 0.6) is 11.5 Å². The largest absolute Gasteiger partial charge is 0.493 e. The molecule has 1 heterocycles. The Morgan fingerprint density at radius 3 is 2.25 bits per heavy atom. The molecule has 0 spiro atoms. The van der Waals surface area contributed by atoms with Crippen molar-refractivity contribution in [3.63, 3.8) is 0 Å². The topological polar surface area (TPSA) is 38.8 Å². The van der Waals surface area contributed by atoms with E-state index in [-0.39, 0.29) is 0 Å². The molecule has 1 fully saturated rings. The smallest absolute Gasteiger partial charge is 0.162 e. The summed E-state index contributed by atoms with van der Waals surface area (Å²) in [6, 6.07) is 3.63. The first kappa shape index (κ1) is 16.3. The first-order valence-electron chi connectivity index (χ1n) is 7.15. The van der Waals surface area contributed by atoms with Gasteiger partial charge in [-0.1, -0.05) is 20.8 Å². The minimum absolute atomic E-state index is 0.593. The molecule has 0 amide bonds. The SMILES string of the molecule is CC.COc1cc(C=O)c(N2CCC(C)C2)cc1OC. The average Bonchev–Trinajstić information content (AvgIpc) is 2.94. The Morgan fingerprint density at radius 1 is 1.20 bits per heavy atom. The summed E-state index contributed by atoms with van der Waals surface area (Å²) < 4.78 is 10.5. The molecule has 4 nitrogen and oxygen atoms in total. The molecule has 0 saturated carbocycles. The third kappa shape index (κ3) is 3.44. The number of benzene rings is 1. The third-order valence-corrected chi connectivity index (χ3v) is 3.42. The van der Waals surface area contributed by atoms with Crippen molar-refractivity contribution in [2.45, 2.75) is 27.2 Å². The maximum absolute atomic E-state index is 11.2. The van der Waals surface area contributed by atoms with Gasteiger partial charge in [0.2, 0.25) is 0 Å². The molecule has 0 radical (unpaired) electrons. The molecule has 4 heteroatoms. The summed E-state index contributed by atoms with van der Waals surface area (Å²) >= 11 is 0. The Morgan fingerprint density at radius 2 is 1.80 bits per heavy atom. The van der Waals surface area contributed by atoms with Gasteiger partial charge >= 0.3 is 0 Å². The molecule has 1 aromatic carbocycles. The van der Waals surface area contributed by atoms with Gasteiger partial charge in [-0.15, -0.1) is 0 Å². The van der Waals surface area contributed by atoms with Gasteiger partial charge in [0.15, 0.2) is 17.8 Å². The molecule has 1 aromatic rings. The predicted octanol–water partition coefficient (Wildman–Crippen LogP) is 3.39. The third-order valence-electron chi connectivity index (χ3n) is 3.42. The zero-order valence-electron chi connectivity index (χ0n) is 13.1. The molecule has 2 rings (SSSR count). The molecule has 0 N–H and O–H groups in total. The van der Waals surface area contributed by atoms with Gasteiger partial charge in [0.25, 0.3) is 0 Å². The molecule has 0 aromatic heterocycles. The normalized spacial score (nSPS) is 17.2. The van der Waals surface area contributed by atoms with E-state index in [1.165, 1.54) is 0 Å². The molecule has 1 atom stereocenters. The van der Waals surface area contributed by atoms with Crippen LogP contribution in [0, 0.1) is 5.92 Å². The molecular weight excluding hydrogens is 254 g/mol. The van der Waals surface area contributed by atoms with Crippen LogP contribution in [0.2, 0.25) is 0 Å². The fourth-order valence-corrected chi connectivity index (χ4v) is 2.41. The molecule has 1 unspecified atom stereocenters. The Labute approximate surface area is 121 Å². The highest BCUT2D eigenvalue weighted by Crippen LogP contribution is 2.36. The highest BCUT2D eigenvalue weighted by atomic mass is 16.5. The van der Waals surface area contributed by atoms with Gasteiger partial charge in [0, 0.05) is 24.7 Å². The van der Waals surface area contributed by atoms with Gasteiger partial charge in [-0.2, -0.15) is 0 Å². The molecule has 1 aliphatic heterocycles. The fourth-order valence-electron chi connectivity index (χ4n) is 2.41. The van der Waals surface area contributed by atoms with Gasteiger partial charge in [0.05, 0.1) is 19.9 Å². The maximum atomic E-state index is 11.2. The van der Waals surface area contributed by atoms with Crippen molar-refractivity contribution in [2.24, 2.45) is 5.92 Å². The lowest BCUT2D eigenvalue weighted by atomic mass is 10.1. The number of nitrogens with zero attached hydrogens (tertiary/aromatic N) is 1. The first-order valence-corrected chi connectivity index (χ1v) is 7.15. The molecular formula is C16H25NO3. The van der Waals surface area contributed by atoms with E-state index in [9.17, 15) is 4.79 Å². The second kappa shape index (κ2) is 7.78. The molecule has 0 aliphatic carbocycles. The van der Waals surface area contributed by atoms with Crippen LogP contribution in [0.3, 0.4) is 0 Å². The lowest BCUT2D eigenvalue weighted by Gasteiger charge is -2.21. The van der Waals surface area contributed by atoms with Crippen molar-refractivity contribution < 1.29 is 14.3 Å². The van der Waals surface area contributed by atoms with Gasteiger partial charge in [0.1, 0.15) is 0 Å². The first-order chi connectivity index (χ1) is 9.69. The van der Waals surface area contributed by atoms with E-state index in [1.54, 1.807) is 20.3 Å². The number of hydrogen-bond donors (Lipinski definition) is 0. The van der Waals surface area contributed by atoms with E-state index in [1.807, 2.05) is 19.9 Å². The van der Waals surface area contributed by atoms with E-state index in [4.69, 9.17) is 9.47 Å². The second-order valence-corrected chi connectivity index (χ2v) is 4.72. The average molecular weight is 279 g/mol. The van der Waals surface area contributed by atoms with Crippen molar-refractivity contribution in [1.82, 2.24) is 0 Å². The molecule has 20 heavy (non-hydrogen) atoms. The molecule has 0 bridgehead atoms. The zero-order valence-corrected chi connectivity index (χ0v) is 13.1. The van der Waals surface area contributed by atoms with Crippen LogP contribution in [-0.4, -0.2) is 33.6 Å². The van der Waals surface area contributed by atoms with E-state index in [0.29, 0.717) is 23.0 Å². The van der Waals surface area contributed by atoms with E-state index >= 15 is 0 Å². The lowest BCUT2D eigenvalue weighted by molar-refractivity contribution is 0.112. The quantitative estimate of drug-likeness (QED) is 0.792. The monoisotopic (exact) mass is 279 g/mol. The predicted molar refractivity (Wildman–Crippen MR) is 82.3 cm³/mol. The zero-order chi connectivity index (χ0) is 15.1. The Hall–Kier alpha value is -1.71. The van der Waals surface area contributed by atoms with Crippen LogP contribution in [0.4, 0.5) is 5.69 Å². The number of carbonyl (C=O) groups excluding carboxylic acids is 1. The van der Waals surface area contributed by atoms with Crippen LogP contribution in [0.15, 0.2) is 12.1 Å². The number of aldehydes is 1. The Bertz CT molecular complexity index is 446. The van der Waals surface area contributed by atoms with Gasteiger partial charge in [-0.3, -0.25) is 4.79 Å². The minimum Gasteiger partial charge on any atom is -0.493 e. The highest BCUT2D eigenvalue weighted by molar-refractivity contribution is 5.86. The number of methoxy groups -OCH3 is 2. The summed E-state index contributed by atoms with van der Waals surface area (Å²) in [6.45, 7) is 8.19. The fraction of sp³-hybridized carbons (Fsp3) is 0.562. The van der Waals surface area contributed by atoms with Crippen molar-refractivity contribution in [1.29, 1.82) is 0 Å². The van der Waals surface area contributed by atoms with Crippen LogP contribution < -0.4 is 14.4 Å². The summed E-state index contributed by atoms with van der Waals surface area (Å²) in [7, 11) is 3.18. The van der Waals surface area contributed by atoms with Gasteiger partial charge in [-0.25, -0.2) is 0 Å². The summed E-state index contributed by atoms with van der Waals surface area (Å²) in [5.74, 6) is 1.92. The van der Waals surface area contributed by atoms with E-state index in [2.05, 4.69) is 11.8 Å². The standard InChI is InChI=1S/C14H19NO3.C2H6/c1-10-4-5-15(8-10)12-7-14(18-3)13(17-2)6-11(12)9-16;1-2/h6-7,9-10H,4-5,8H2,1-3H3;1-2H3. The number of carbonyl (C=O) groups is 1. The van der Waals surface area contributed by atoms with Crippen molar-refractivity contribution >= 4 is 12.0 Å². The van der Waals surface area contributed by atoms with Gasteiger partial charge < -0.3 is 14.4 Å². The van der Waals surface area contributed by atoms with Crippen LogP contribution >= 0.6 is 0 Å². The Balaban J connectivity index is 0.000000956. The van der Waals surface area contributed by atoms with E-state index in [0.717, 1.165) is 31.5 Å². The van der Waals surface area contributed by atoms with Crippen LogP contribution in [0.1, 0.15) is 37.6 Å². The minimum atomic E-state index is 0.593. The van der Waals surface area contributed by atoms with Crippen molar-refractivity contribution in [2.75, 3.05) is 32.2 Å². The number of hydrogen-bond acceptors (Lipinski definition) is 4. The maximum Gasteiger partial charge on any atom is 0.162 e. The number of rotatable bonds is 4. The van der Waals surface area contributed by atoms with Crippen LogP contribution in [-0.2, 0) is 0 Å².